The van der Waals surface area contributed by atoms with E-state index < -0.39 is 39.9 Å². The van der Waals surface area contributed by atoms with Gasteiger partial charge in [-0.3, -0.25) is 14.8 Å². The van der Waals surface area contributed by atoms with E-state index in [9.17, 15) is 22.7 Å². The molecule has 4 N–H and O–H groups in total. The van der Waals surface area contributed by atoms with Gasteiger partial charge in [0.1, 0.15) is 18.0 Å². The number of pyridine rings is 1. The molecule has 3 heterocycles. The summed E-state index contributed by atoms with van der Waals surface area (Å²) in [5.41, 5.74) is 0.825. The fourth-order valence-electron chi connectivity index (χ4n) is 3.47. The molecule has 1 saturated heterocycles. The van der Waals surface area contributed by atoms with Gasteiger partial charge in [-0.2, -0.15) is 8.42 Å². The van der Waals surface area contributed by atoms with Crippen molar-refractivity contribution in [3.05, 3.63) is 53.6 Å². The van der Waals surface area contributed by atoms with Crippen LogP contribution >= 0.6 is 0 Å². The molecular weight excluding hydrogens is 427 g/mol. The van der Waals surface area contributed by atoms with Crippen molar-refractivity contribution in [1.29, 1.82) is 0 Å². The number of hydrogen-bond acceptors (Lipinski definition) is 8. The minimum Gasteiger partial charge on any atom is -0.506 e. The van der Waals surface area contributed by atoms with Crippen LogP contribution in [0.5, 0.6) is 5.75 Å². The number of aliphatic imine (C=N–C) groups is 1. The van der Waals surface area contributed by atoms with Crippen LogP contribution in [-0.4, -0.2) is 50.0 Å². The summed E-state index contributed by atoms with van der Waals surface area (Å²) in [5, 5.41) is 16.4. The zero-order valence-corrected chi connectivity index (χ0v) is 17.2. The number of phenolic OH excluding ortho intramolecular Hbond substituents is 1. The lowest BCUT2D eigenvalue weighted by Crippen LogP contribution is -2.44. The van der Waals surface area contributed by atoms with Gasteiger partial charge in [-0.25, -0.2) is 13.4 Å². The number of benzene rings is 1. The molecule has 0 aliphatic carbocycles. The summed E-state index contributed by atoms with van der Waals surface area (Å²) in [6, 6.07) is 8.14. The highest BCUT2D eigenvalue weighted by Crippen LogP contribution is 2.34. The number of phenols is 1. The third kappa shape index (κ3) is 4.68. The number of guanidine groups is 1. The Kier molecular flexibility index (Phi) is 5.63. The summed E-state index contributed by atoms with van der Waals surface area (Å²) in [6.45, 7) is 0.878. The van der Waals surface area contributed by atoms with Crippen LogP contribution in [0.25, 0.3) is 0 Å². The summed E-state index contributed by atoms with van der Waals surface area (Å²) in [5.74, 6) is -1.47. The highest BCUT2D eigenvalue weighted by atomic mass is 32.2. The van der Waals surface area contributed by atoms with Gasteiger partial charge >= 0.3 is 10.2 Å². The molecule has 1 unspecified atom stereocenters. The first-order valence-corrected chi connectivity index (χ1v) is 11.0. The van der Waals surface area contributed by atoms with Gasteiger partial charge in [0.25, 0.3) is 5.91 Å². The van der Waals surface area contributed by atoms with Crippen molar-refractivity contribution in [2.24, 2.45) is 10.9 Å². The minimum absolute atomic E-state index is 0.158. The van der Waals surface area contributed by atoms with Crippen molar-refractivity contribution in [2.45, 2.75) is 13.0 Å². The number of nitrogens with one attached hydrogen (secondary N) is 3. The molecule has 2 aliphatic heterocycles. The minimum atomic E-state index is -4.22. The zero-order chi connectivity index (χ0) is 22.0. The second kappa shape index (κ2) is 8.38. The van der Waals surface area contributed by atoms with Crippen LogP contribution in [0.4, 0.5) is 10.1 Å². The Labute approximate surface area is 178 Å². The molecule has 0 spiro atoms. The fraction of sp³-hybridized carbons (Fsp3) is 0.316. The maximum absolute atomic E-state index is 14.6. The van der Waals surface area contributed by atoms with E-state index in [1.807, 2.05) is 18.2 Å². The molecule has 1 aromatic heterocycles. The summed E-state index contributed by atoms with van der Waals surface area (Å²) in [4.78, 5) is 20.1. The van der Waals surface area contributed by atoms with Crippen molar-refractivity contribution in [2.75, 3.05) is 23.9 Å². The van der Waals surface area contributed by atoms with Gasteiger partial charge in [-0.05, 0) is 36.2 Å². The number of halogens is 1. The summed E-state index contributed by atoms with van der Waals surface area (Å²) in [6.07, 6.45) is 2.57. The van der Waals surface area contributed by atoms with E-state index in [0.29, 0.717) is 34.8 Å². The Morgan fingerprint density at radius 3 is 2.77 bits per heavy atom. The van der Waals surface area contributed by atoms with Crippen LogP contribution in [0, 0.1) is 11.7 Å². The molecule has 10 nitrogen and oxygen atoms in total. The zero-order valence-electron chi connectivity index (χ0n) is 16.4. The lowest BCUT2D eigenvalue weighted by atomic mass is 10.0. The van der Waals surface area contributed by atoms with Gasteiger partial charge in [0, 0.05) is 37.4 Å². The SMILES string of the molecule is O=C1CN(c2c(O)cc(CNC3=NCC(Cc4ccccn4)CN3)cc2F)S(=O)(=O)N1. The van der Waals surface area contributed by atoms with Crippen molar-refractivity contribution in [3.63, 3.8) is 0 Å². The first kappa shape index (κ1) is 20.8. The van der Waals surface area contributed by atoms with Crippen LogP contribution in [0.15, 0.2) is 41.5 Å². The normalized spacial score (nSPS) is 20.0. The Balaban J connectivity index is 1.38. The molecule has 2 aromatic rings. The molecule has 1 atom stereocenters. The van der Waals surface area contributed by atoms with Gasteiger partial charge in [0.05, 0.1) is 0 Å². The largest absolute Gasteiger partial charge is 0.506 e. The second-order valence-electron chi connectivity index (χ2n) is 7.30. The number of amides is 1. The van der Waals surface area contributed by atoms with Gasteiger partial charge < -0.3 is 15.7 Å². The number of nitrogens with zero attached hydrogens (tertiary/aromatic N) is 3. The monoisotopic (exact) mass is 448 g/mol. The van der Waals surface area contributed by atoms with Gasteiger partial charge in [-0.15, -0.1) is 0 Å². The van der Waals surface area contributed by atoms with Gasteiger partial charge in [0.15, 0.2) is 11.8 Å². The van der Waals surface area contributed by atoms with E-state index in [4.69, 9.17) is 0 Å². The Morgan fingerprint density at radius 1 is 1.32 bits per heavy atom. The quantitative estimate of drug-likeness (QED) is 0.506. The molecule has 0 bridgehead atoms. The van der Waals surface area contributed by atoms with Crippen molar-refractivity contribution >= 4 is 27.8 Å². The summed E-state index contributed by atoms with van der Waals surface area (Å²) >= 11 is 0. The first-order valence-electron chi connectivity index (χ1n) is 9.58. The number of aromatic nitrogens is 1. The predicted molar refractivity (Wildman–Crippen MR) is 111 cm³/mol. The predicted octanol–water partition coefficient (Wildman–Crippen LogP) is 0.0150. The van der Waals surface area contributed by atoms with Crippen LogP contribution in [0.2, 0.25) is 0 Å². The topological polar surface area (TPSA) is 136 Å². The molecule has 1 aromatic carbocycles. The average molecular weight is 448 g/mol. The third-order valence-electron chi connectivity index (χ3n) is 4.92. The molecule has 164 valence electrons. The van der Waals surface area contributed by atoms with Gasteiger partial charge in [-0.1, -0.05) is 6.07 Å². The molecule has 12 heteroatoms. The van der Waals surface area contributed by atoms with Crippen LogP contribution < -0.4 is 19.7 Å². The molecule has 0 saturated carbocycles. The van der Waals surface area contributed by atoms with Crippen LogP contribution in [0.1, 0.15) is 11.3 Å². The molecule has 4 rings (SSSR count). The Morgan fingerprint density at radius 2 is 2.16 bits per heavy atom. The maximum atomic E-state index is 14.6. The summed E-state index contributed by atoms with van der Waals surface area (Å²) in [7, 11) is -4.22. The number of rotatable bonds is 5. The number of aromatic hydroxyl groups is 1. The molecule has 2 aliphatic rings. The molecule has 0 radical (unpaired) electrons. The fourth-order valence-corrected chi connectivity index (χ4v) is 4.64. The van der Waals surface area contributed by atoms with E-state index in [2.05, 4.69) is 20.6 Å². The van der Waals surface area contributed by atoms with E-state index in [-0.39, 0.29) is 6.54 Å². The van der Waals surface area contributed by atoms with E-state index in [1.54, 1.807) is 10.9 Å². The van der Waals surface area contributed by atoms with Crippen LogP contribution in [-0.2, 0) is 28.0 Å². The highest BCUT2D eigenvalue weighted by Gasteiger charge is 2.37. The number of anilines is 1. The standard InChI is InChI=1S/C19H21FN6O4S/c20-15-6-12(7-16(27)18(15)26-11-17(28)25-31(26,29)30)8-22-19-23-9-13(10-24-19)5-14-3-1-2-4-21-14/h1-4,6-7,13,27H,5,8-11H2,(H,25,28)(H2,22,23,24). The lowest BCUT2D eigenvalue weighted by Gasteiger charge is -2.23. The van der Waals surface area contributed by atoms with Crippen molar-refractivity contribution in [3.8, 4) is 5.75 Å². The van der Waals surface area contributed by atoms with E-state index in [0.717, 1.165) is 18.2 Å². The first-order chi connectivity index (χ1) is 14.8. The smallest absolute Gasteiger partial charge is 0.326 e. The number of carbonyl (C=O) groups is 1. The Bertz CT molecular complexity index is 1100. The van der Waals surface area contributed by atoms with E-state index in [1.165, 1.54) is 6.07 Å². The highest BCUT2D eigenvalue weighted by molar-refractivity contribution is 7.92. The van der Waals surface area contributed by atoms with Crippen molar-refractivity contribution in [1.82, 2.24) is 20.3 Å². The molecule has 31 heavy (non-hydrogen) atoms. The van der Waals surface area contributed by atoms with Gasteiger partial charge in [0.2, 0.25) is 0 Å². The van der Waals surface area contributed by atoms with E-state index >= 15 is 0 Å². The Hall–Kier alpha value is -3.41. The molecule has 1 amide bonds. The average Bonchev–Trinajstić information content (AvgIpc) is 2.99. The number of carbonyl (C=O) groups excluding carboxylic acids is 1. The van der Waals surface area contributed by atoms with Crippen LogP contribution in [0.3, 0.4) is 0 Å². The maximum Gasteiger partial charge on any atom is 0.326 e. The molecule has 1 fully saturated rings. The third-order valence-corrected chi connectivity index (χ3v) is 6.30. The number of hydrogen-bond donors (Lipinski definition) is 4. The lowest BCUT2D eigenvalue weighted by molar-refractivity contribution is -0.117. The summed E-state index contributed by atoms with van der Waals surface area (Å²) < 4.78 is 40.6. The molecular formula is C19H21FN6O4S. The van der Waals surface area contributed by atoms with Crippen molar-refractivity contribution < 1.29 is 22.7 Å². The second-order valence-corrected chi connectivity index (χ2v) is 8.89.